The van der Waals surface area contributed by atoms with Crippen molar-refractivity contribution in [1.29, 1.82) is 0 Å². The summed E-state index contributed by atoms with van der Waals surface area (Å²) in [5.74, 6) is 1.17. The predicted octanol–water partition coefficient (Wildman–Crippen LogP) is 0.828. The van der Waals surface area contributed by atoms with E-state index in [1.807, 2.05) is 0 Å². The Kier molecular flexibility index (Phi) is 5.63. The maximum absolute atomic E-state index is 10.1. The fourth-order valence-electron chi connectivity index (χ4n) is 3.26. The number of piperidine rings is 1. The van der Waals surface area contributed by atoms with Gasteiger partial charge in [-0.3, -0.25) is 4.90 Å². The Hall–Kier alpha value is -0.160. The van der Waals surface area contributed by atoms with Gasteiger partial charge in [0.1, 0.15) is 0 Å². The molecule has 0 spiro atoms. The standard InChI is InChI=1S/C15H30N2O2/c1-11(2)17-9-12(8-15(19)13-3-4-13)7-14(10-17)16-5-6-18/h11-16,18-19H,3-10H2,1-2H3. The molecule has 4 heteroatoms. The molecule has 0 radical (unpaired) electrons. The first kappa shape index (κ1) is 15.2. The van der Waals surface area contributed by atoms with E-state index in [1.165, 1.54) is 12.8 Å². The van der Waals surface area contributed by atoms with Gasteiger partial charge in [0, 0.05) is 31.7 Å². The van der Waals surface area contributed by atoms with Crippen LogP contribution in [0.5, 0.6) is 0 Å². The third-order valence-electron chi connectivity index (χ3n) is 4.58. The third-order valence-corrected chi connectivity index (χ3v) is 4.58. The van der Waals surface area contributed by atoms with Gasteiger partial charge in [0.05, 0.1) is 12.7 Å². The SMILES string of the molecule is CC(C)N1CC(CC(O)C2CC2)CC(NCCO)C1. The summed E-state index contributed by atoms with van der Waals surface area (Å²) in [6, 6.07) is 1.01. The Morgan fingerprint density at radius 1 is 1.26 bits per heavy atom. The van der Waals surface area contributed by atoms with Gasteiger partial charge >= 0.3 is 0 Å². The summed E-state index contributed by atoms with van der Waals surface area (Å²) in [5.41, 5.74) is 0. The van der Waals surface area contributed by atoms with E-state index in [0.717, 1.165) is 25.9 Å². The van der Waals surface area contributed by atoms with Crippen molar-refractivity contribution in [3.05, 3.63) is 0 Å². The van der Waals surface area contributed by atoms with Crippen LogP contribution in [0.2, 0.25) is 0 Å². The highest BCUT2D eigenvalue weighted by Crippen LogP contribution is 2.36. The molecule has 1 aliphatic carbocycles. The summed E-state index contributed by atoms with van der Waals surface area (Å²) in [6.45, 7) is 7.53. The molecule has 4 nitrogen and oxygen atoms in total. The highest BCUT2D eigenvalue weighted by Gasteiger charge is 2.34. The lowest BCUT2D eigenvalue weighted by Crippen LogP contribution is -2.52. The lowest BCUT2D eigenvalue weighted by molar-refractivity contribution is 0.0615. The third kappa shape index (κ3) is 4.71. The Morgan fingerprint density at radius 3 is 2.58 bits per heavy atom. The summed E-state index contributed by atoms with van der Waals surface area (Å²) in [4.78, 5) is 2.50. The summed E-state index contributed by atoms with van der Waals surface area (Å²) >= 11 is 0. The molecule has 3 N–H and O–H groups in total. The highest BCUT2D eigenvalue weighted by molar-refractivity contribution is 4.89. The Bertz CT molecular complexity index is 267. The van der Waals surface area contributed by atoms with Gasteiger partial charge in [0.2, 0.25) is 0 Å². The zero-order chi connectivity index (χ0) is 13.8. The minimum atomic E-state index is -0.0874. The molecule has 0 aromatic carbocycles. The molecule has 0 amide bonds. The molecule has 3 atom stereocenters. The van der Waals surface area contributed by atoms with E-state index in [0.29, 0.717) is 30.5 Å². The van der Waals surface area contributed by atoms with Gasteiger partial charge in [-0.25, -0.2) is 0 Å². The van der Waals surface area contributed by atoms with Crippen molar-refractivity contribution in [1.82, 2.24) is 10.2 Å². The molecular weight excluding hydrogens is 240 g/mol. The van der Waals surface area contributed by atoms with Gasteiger partial charge < -0.3 is 15.5 Å². The van der Waals surface area contributed by atoms with E-state index in [4.69, 9.17) is 5.11 Å². The molecule has 0 bridgehead atoms. The van der Waals surface area contributed by atoms with Gasteiger partial charge in [-0.15, -0.1) is 0 Å². The topological polar surface area (TPSA) is 55.7 Å². The second kappa shape index (κ2) is 7.02. The normalized spacial score (nSPS) is 30.8. The largest absolute Gasteiger partial charge is 0.395 e. The molecule has 1 saturated carbocycles. The van der Waals surface area contributed by atoms with Crippen LogP contribution in [0, 0.1) is 11.8 Å². The Balaban J connectivity index is 1.85. The highest BCUT2D eigenvalue weighted by atomic mass is 16.3. The predicted molar refractivity (Wildman–Crippen MR) is 77.0 cm³/mol. The van der Waals surface area contributed by atoms with Gasteiger partial charge in [-0.1, -0.05) is 0 Å². The van der Waals surface area contributed by atoms with Crippen LogP contribution in [-0.2, 0) is 0 Å². The molecule has 2 rings (SSSR count). The second-order valence-corrected chi connectivity index (χ2v) is 6.66. The molecule has 1 saturated heterocycles. The van der Waals surface area contributed by atoms with Crippen LogP contribution in [0.3, 0.4) is 0 Å². The van der Waals surface area contributed by atoms with Crippen molar-refractivity contribution in [2.75, 3.05) is 26.2 Å². The molecule has 0 aromatic rings. The average molecular weight is 270 g/mol. The number of hydrogen-bond acceptors (Lipinski definition) is 4. The number of nitrogens with one attached hydrogen (secondary N) is 1. The van der Waals surface area contributed by atoms with Crippen molar-refractivity contribution in [3.63, 3.8) is 0 Å². The summed E-state index contributed by atoms with van der Waals surface area (Å²) in [5, 5.41) is 22.5. The zero-order valence-corrected chi connectivity index (χ0v) is 12.4. The van der Waals surface area contributed by atoms with Crippen LogP contribution in [0.4, 0.5) is 0 Å². The van der Waals surface area contributed by atoms with Crippen LogP contribution in [-0.4, -0.2) is 59.5 Å². The molecule has 2 aliphatic rings. The second-order valence-electron chi connectivity index (χ2n) is 6.66. The molecule has 19 heavy (non-hydrogen) atoms. The Labute approximate surface area is 117 Å². The first-order chi connectivity index (χ1) is 9.10. The molecule has 2 fully saturated rings. The molecule has 1 aliphatic heterocycles. The van der Waals surface area contributed by atoms with Crippen LogP contribution in [0.1, 0.15) is 39.5 Å². The summed E-state index contributed by atoms with van der Waals surface area (Å²) in [7, 11) is 0. The maximum Gasteiger partial charge on any atom is 0.0571 e. The van der Waals surface area contributed by atoms with Crippen LogP contribution < -0.4 is 5.32 Å². The average Bonchev–Trinajstić information content (AvgIpc) is 3.20. The van der Waals surface area contributed by atoms with E-state index in [1.54, 1.807) is 0 Å². The number of likely N-dealkylation sites (tertiary alicyclic amines) is 1. The fraction of sp³-hybridized carbons (Fsp3) is 1.00. The monoisotopic (exact) mass is 270 g/mol. The summed E-state index contributed by atoms with van der Waals surface area (Å²) in [6.07, 6.45) is 4.43. The summed E-state index contributed by atoms with van der Waals surface area (Å²) < 4.78 is 0. The van der Waals surface area contributed by atoms with Crippen LogP contribution in [0.25, 0.3) is 0 Å². The lowest BCUT2D eigenvalue weighted by atomic mass is 9.87. The number of nitrogens with zero attached hydrogens (tertiary/aromatic N) is 1. The molecule has 1 heterocycles. The number of aliphatic hydroxyl groups is 2. The quantitative estimate of drug-likeness (QED) is 0.641. The number of aliphatic hydroxyl groups excluding tert-OH is 2. The minimum Gasteiger partial charge on any atom is -0.395 e. The number of rotatable bonds is 7. The van der Waals surface area contributed by atoms with Gasteiger partial charge in [0.15, 0.2) is 0 Å². The first-order valence-electron chi connectivity index (χ1n) is 7.86. The molecule has 0 aromatic heterocycles. The van der Waals surface area contributed by atoms with E-state index in [-0.39, 0.29) is 12.7 Å². The zero-order valence-electron chi connectivity index (χ0n) is 12.4. The van der Waals surface area contributed by atoms with Gasteiger partial charge in [-0.2, -0.15) is 0 Å². The van der Waals surface area contributed by atoms with E-state index >= 15 is 0 Å². The number of hydrogen-bond donors (Lipinski definition) is 3. The van der Waals surface area contributed by atoms with Crippen molar-refractivity contribution in [2.45, 2.75) is 57.7 Å². The van der Waals surface area contributed by atoms with E-state index in [2.05, 4.69) is 24.1 Å². The van der Waals surface area contributed by atoms with Crippen LogP contribution in [0.15, 0.2) is 0 Å². The van der Waals surface area contributed by atoms with E-state index < -0.39 is 0 Å². The van der Waals surface area contributed by atoms with Gasteiger partial charge in [-0.05, 0) is 51.4 Å². The van der Waals surface area contributed by atoms with Gasteiger partial charge in [0.25, 0.3) is 0 Å². The lowest BCUT2D eigenvalue weighted by Gasteiger charge is -2.41. The smallest absolute Gasteiger partial charge is 0.0571 e. The van der Waals surface area contributed by atoms with Crippen molar-refractivity contribution in [2.24, 2.45) is 11.8 Å². The van der Waals surface area contributed by atoms with E-state index in [9.17, 15) is 5.11 Å². The maximum atomic E-state index is 10.1. The Morgan fingerprint density at radius 2 is 2.00 bits per heavy atom. The van der Waals surface area contributed by atoms with Crippen molar-refractivity contribution in [3.8, 4) is 0 Å². The fourth-order valence-corrected chi connectivity index (χ4v) is 3.26. The van der Waals surface area contributed by atoms with Crippen LogP contribution >= 0.6 is 0 Å². The van der Waals surface area contributed by atoms with Crippen molar-refractivity contribution < 1.29 is 10.2 Å². The minimum absolute atomic E-state index is 0.0874. The molecular formula is C15H30N2O2. The first-order valence-corrected chi connectivity index (χ1v) is 7.86. The molecule has 112 valence electrons. The molecule has 3 unspecified atom stereocenters. The van der Waals surface area contributed by atoms with Crippen molar-refractivity contribution >= 4 is 0 Å².